The molecule has 1 fully saturated rings. The topological polar surface area (TPSA) is 60.2 Å². The van der Waals surface area contributed by atoms with Crippen molar-refractivity contribution >= 4 is 11.5 Å². The zero-order chi connectivity index (χ0) is 10.9. The number of hydrogen-bond acceptors (Lipinski definition) is 4. The summed E-state index contributed by atoms with van der Waals surface area (Å²) in [6.45, 7) is 5.00. The molecule has 0 bridgehead atoms. The van der Waals surface area contributed by atoms with E-state index in [-0.39, 0.29) is 11.6 Å². The summed E-state index contributed by atoms with van der Waals surface area (Å²) in [5.74, 6) is 0.748. The second kappa shape index (κ2) is 3.70. The largest absolute Gasteiger partial charge is 0.396 e. The first kappa shape index (κ1) is 10.2. The molecule has 0 amide bonds. The quantitative estimate of drug-likeness (QED) is 0.774. The van der Waals surface area contributed by atoms with Crippen molar-refractivity contribution in [1.82, 2.24) is 4.98 Å². The Kier molecular flexibility index (Phi) is 2.52. The van der Waals surface area contributed by atoms with Gasteiger partial charge in [0.15, 0.2) is 0 Å². The summed E-state index contributed by atoms with van der Waals surface area (Å²) in [4.78, 5) is 4.23. The van der Waals surface area contributed by atoms with Crippen LogP contribution in [0.15, 0.2) is 18.3 Å². The van der Waals surface area contributed by atoms with Gasteiger partial charge < -0.3 is 15.8 Å². The van der Waals surface area contributed by atoms with Crippen LogP contribution >= 0.6 is 0 Å². The van der Waals surface area contributed by atoms with Gasteiger partial charge in [0.25, 0.3) is 0 Å². The maximum absolute atomic E-state index is 5.84. The molecule has 2 atom stereocenters. The molecule has 1 saturated heterocycles. The van der Waals surface area contributed by atoms with Gasteiger partial charge in [-0.1, -0.05) is 0 Å². The first-order valence-corrected chi connectivity index (χ1v) is 5.22. The lowest BCUT2D eigenvalue weighted by molar-refractivity contribution is 0.105. The fourth-order valence-electron chi connectivity index (χ4n) is 1.79. The molecule has 2 unspecified atom stereocenters. The molecule has 2 heterocycles. The van der Waals surface area contributed by atoms with Crippen LogP contribution in [0.1, 0.15) is 20.3 Å². The standard InChI is InChI=1S/C11H17N3O/c1-8-11(2,5-7-15-8)14-10-9(12)4-3-6-13-10/h3-4,6,8H,5,7,12H2,1-2H3,(H,13,14). The summed E-state index contributed by atoms with van der Waals surface area (Å²) in [6.07, 6.45) is 2.89. The molecule has 0 aromatic carbocycles. The smallest absolute Gasteiger partial charge is 0.149 e. The minimum atomic E-state index is -0.0670. The molecule has 3 N–H and O–H groups in total. The van der Waals surface area contributed by atoms with Crippen LogP contribution in [0, 0.1) is 0 Å². The number of nitrogens with zero attached hydrogens (tertiary/aromatic N) is 1. The molecule has 4 heteroatoms. The summed E-state index contributed by atoms with van der Waals surface area (Å²) in [6, 6.07) is 3.68. The van der Waals surface area contributed by atoms with Crippen molar-refractivity contribution in [2.75, 3.05) is 17.7 Å². The predicted molar refractivity (Wildman–Crippen MR) is 60.7 cm³/mol. The lowest BCUT2D eigenvalue weighted by Crippen LogP contribution is -2.41. The van der Waals surface area contributed by atoms with Gasteiger partial charge in [0, 0.05) is 12.8 Å². The van der Waals surface area contributed by atoms with Gasteiger partial charge in [-0.25, -0.2) is 4.98 Å². The molecule has 1 aromatic rings. The van der Waals surface area contributed by atoms with Crippen LogP contribution in [0.25, 0.3) is 0 Å². The molecule has 0 radical (unpaired) electrons. The van der Waals surface area contributed by atoms with Crippen LogP contribution in [-0.4, -0.2) is 23.2 Å². The summed E-state index contributed by atoms with van der Waals surface area (Å²) in [5, 5.41) is 3.37. The molecule has 2 rings (SSSR count). The Morgan fingerprint density at radius 1 is 1.67 bits per heavy atom. The monoisotopic (exact) mass is 207 g/mol. The Balaban J connectivity index is 2.18. The lowest BCUT2D eigenvalue weighted by Gasteiger charge is -2.29. The number of rotatable bonds is 2. The van der Waals surface area contributed by atoms with Crippen LogP contribution in [-0.2, 0) is 4.74 Å². The second-order valence-corrected chi connectivity index (χ2v) is 4.25. The van der Waals surface area contributed by atoms with Gasteiger partial charge in [0.05, 0.1) is 17.3 Å². The third-order valence-electron chi connectivity index (χ3n) is 3.13. The highest BCUT2D eigenvalue weighted by molar-refractivity contribution is 5.61. The second-order valence-electron chi connectivity index (χ2n) is 4.25. The zero-order valence-electron chi connectivity index (χ0n) is 9.16. The average Bonchev–Trinajstić information content (AvgIpc) is 2.51. The van der Waals surface area contributed by atoms with E-state index in [4.69, 9.17) is 10.5 Å². The molecule has 0 aliphatic carbocycles. The van der Waals surface area contributed by atoms with Crippen LogP contribution in [0.2, 0.25) is 0 Å². The van der Waals surface area contributed by atoms with E-state index in [1.54, 1.807) is 6.20 Å². The SMILES string of the molecule is CC1OCCC1(C)Nc1ncccc1N. The van der Waals surface area contributed by atoms with Gasteiger partial charge in [0.2, 0.25) is 0 Å². The van der Waals surface area contributed by atoms with Gasteiger partial charge in [-0.05, 0) is 32.4 Å². The van der Waals surface area contributed by atoms with E-state index in [0.29, 0.717) is 5.69 Å². The Morgan fingerprint density at radius 3 is 3.07 bits per heavy atom. The third kappa shape index (κ3) is 1.90. The Morgan fingerprint density at radius 2 is 2.47 bits per heavy atom. The summed E-state index contributed by atoms with van der Waals surface area (Å²) >= 11 is 0. The van der Waals surface area contributed by atoms with Crippen molar-refractivity contribution in [3.63, 3.8) is 0 Å². The van der Waals surface area contributed by atoms with E-state index >= 15 is 0 Å². The highest BCUT2D eigenvalue weighted by Gasteiger charge is 2.37. The molecule has 1 aliphatic heterocycles. The summed E-state index contributed by atoms with van der Waals surface area (Å²) < 4.78 is 5.55. The predicted octanol–water partition coefficient (Wildman–Crippen LogP) is 1.64. The fraction of sp³-hybridized carbons (Fsp3) is 0.545. The maximum atomic E-state index is 5.84. The van der Waals surface area contributed by atoms with Crippen LogP contribution in [0.3, 0.4) is 0 Å². The first-order chi connectivity index (χ1) is 7.12. The number of aromatic nitrogens is 1. The summed E-state index contributed by atoms with van der Waals surface area (Å²) in [7, 11) is 0. The van der Waals surface area contributed by atoms with Crippen LogP contribution in [0.5, 0.6) is 0 Å². The van der Waals surface area contributed by atoms with Crippen molar-refractivity contribution < 1.29 is 4.74 Å². The number of nitrogens with two attached hydrogens (primary N) is 1. The number of nitrogen functional groups attached to an aromatic ring is 1. The highest BCUT2D eigenvalue weighted by atomic mass is 16.5. The molecule has 4 nitrogen and oxygen atoms in total. The van der Waals surface area contributed by atoms with E-state index in [1.807, 2.05) is 12.1 Å². The van der Waals surface area contributed by atoms with Gasteiger partial charge in [-0.3, -0.25) is 0 Å². The zero-order valence-corrected chi connectivity index (χ0v) is 9.16. The van der Waals surface area contributed by atoms with Crippen molar-refractivity contribution in [3.05, 3.63) is 18.3 Å². The first-order valence-electron chi connectivity index (χ1n) is 5.22. The molecular formula is C11H17N3O. The van der Waals surface area contributed by atoms with Crippen molar-refractivity contribution in [3.8, 4) is 0 Å². The highest BCUT2D eigenvalue weighted by Crippen LogP contribution is 2.30. The lowest BCUT2D eigenvalue weighted by atomic mass is 9.94. The molecule has 0 spiro atoms. The molecule has 1 aromatic heterocycles. The third-order valence-corrected chi connectivity index (χ3v) is 3.13. The Labute approximate surface area is 89.8 Å². The number of ether oxygens (including phenoxy) is 1. The Hall–Kier alpha value is -1.29. The fourth-order valence-corrected chi connectivity index (χ4v) is 1.79. The molecule has 0 saturated carbocycles. The van der Waals surface area contributed by atoms with E-state index in [9.17, 15) is 0 Å². The van der Waals surface area contributed by atoms with Gasteiger partial charge >= 0.3 is 0 Å². The Bertz CT molecular complexity index is 355. The van der Waals surface area contributed by atoms with Gasteiger partial charge in [-0.15, -0.1) is 0 Å². The van der Waals surface area contributed by atoms with E-state index in [1.165, 1.54) is 0 Å². The number of nitrogens with one attached hydrogen (secondary N) is 1. The molecule has 15 heavy (non-hydrogen) atoms. The summed E-state index contributed by atoms with van der Waals surface area (Å²) in [5.41, 5.74) is 6.45. The van der Waals surface area contributed by atoms with Crippen LogP contribution in [0.4, 0.5) is 11.5 Å². The number of pyridine rings is 1. The van der Waals surface area contributed by atoms with Crippen LogP contribution < -0.4 is 11.1 Å². The molecular weight excluding hydrogens is 190 g/mol. The molecule has 82 valence electrons. The van der Waals surface area contributed by atoms with Gasteiger partial charge in [0.1, 0.15) is 5.82 Å². The number of hydrogen-bond donors (Lipinski definition) is 2. The minimum absolute atomic E-state index is 0.0670. The van der Waals surface area contributed by atoms with Gasteiger partial charge in [-0.2, -0.15) is 0 Å². The average molecular weight is 207 g/mol. The minimum Gasteiger partial charge on any atom is -0.396 e. The van der Waals surface area contributed by atoms with Crippen molar-refractivity contribution in [1.29, 1.82) is 0 Å². The van der Waals surface area contributed by atoms with E-state index in [0.717, 1.165) is 18.8 Å². The van der Waals surface area contributed by atoms with Crippen molar-refractivity contribution in [2.45, 2.75) is 31.9 Å². The van der Waals surface area contributed by atoms with Crippen molar-refractivity contribution in [2.24, 2.45) is 0 Å². The van der Waals surface area contributed by atoms with E-state index in [2.05, 4.69) is 24.1 Å². The van der Waals surface area contributed by atoms with E-state index < -0.39 is 0 Å². The number of anilines is 2. The molecule has 1 aliphatic rings. The normalized spacial score (nSPS) is 30.4. The maximum Gasteiger partial charge on any atom is 0.149 e.